The Bertz CT molecular complexity index is 877. The Kier molecular flexibility index (Phi) is 3.76. The minimum absolute atomic E-state index is 0.00759. The minimum atomic E-state index is -0.483. The number of carbonyl (C=O) groups excluding carboxylic acids is 1. The van der Waals surface area contributed by atoms with E-state index in [2.05, 4.69) is 29.2 Å². The second kappa shape index (κ2) is 5.72. The normalized spacial score (nSPS) is 11.2. The van der Waals surface area contributed by atoms with E-state index < -0.39 is 5.91 Å². The largest absolute Gasteiger partial charge is 0.307 e. The summed E-state index contributed by atoms with van der Waals surface area (Å²) in [4.78, 5) is 29.3. The number of thiazole rings is 1. The SMILES string of the molecule is CC(C)Cn1nccc1NC(=O)c1cnc2sccn2c1=O. The van der Waals surface area contributed by atoms with Gasteiger partial charge in [0.2, 0.25) is 0 Å². The molecule has 3 aromatic heterocycles. The Labute approximate surface area is 130 Å². The lowest BCUT2D eigenvalue weighted by Crippen LogP contribution is -2.26. The highest BCUT2D eigenvalue weighted by Crippen LogP contribution is 2.11. The fourth-order valence-corrected chi connectivity index (χ4v) is 2.77. The zero-order valence-corrected chi connectivity index (χ0v) is 13.0. The van der Waals surface area contributed by atoms with Crippen molar-refractivity contribution in [2.75, 3.05) is 5.32 Å². The Morgan fingerprint density at radius 1 is 1.45 bits per heavy atom. The van der Waals surface area contributed by atoms with Crippen LogP contribution in [0.15, 0.2) is 34.8 Å². The van der Waals surface area contributed by atoms with E-state index >= 15 is 0 Å². The summed E-state index contributed by atoms with van der Waals surface area (Å²) >= 11 is 1.34. The molecule has 22 heavy (non-hydrogen) atoms. The highest BCUT2D eigenvalue weighted by molar-refractivity contribution is 7.15. The Balaban J connectivity index is 1.89. The Hall–Kier alpha value is -2.48. The highest BCUT2D eigenvalue weighted by atomic mass is 32.1. The third-order valence-electron chi connectivity index (χ3n) is 3.08. The van der Waals surface area contributed by atoms with Gasteiger partial charge < -0.3 is 5.32 Å². The van der Waals surface area contributed by atoms with Gasteiger partial charge in [-0.15, -0.1) is 11.3 Å². The second-order valence-electron chi connectivity index (χ2n) is 5.28. The van der Waals surface area contributed by atoms with Gasteiger partial charge in [-0.2, -0.15) is 5.10 Å². The van der Waals surface area contributed by atoms with E-state index in [-0.39, 0.29) is 11.1 Å². The van der Waals surface area contributed by atoms with E-state index in [0.29, 0.717) is 23.2 Å². The number of aromatic nitrogens is 4. The number of nitrogens with one attached hydrogen (secondary N) is 1. The number of amides is 1. The summed E-state index contributed by atoms with van der Waals surface area (Å²) in [6.45, 7) is 4.81. The van der Waals surface area contributed by atoms with Crippen molar-refractivity contribution in [1.29, 1.82) is 0 Å². The van der Waals surface area contributed by atoms with Gasteiger partial charge >= 0.3 is 0 Å². The molecular weight excluding hydrogens is 302 g/mol. The lowest BCUT2D eigenvalue weighted by Gasteiger charge is -2.10. The average Bonchev–Trinajstić information content (AvgIpc) is 3.08. The molecule has 3 aromatic rings. The number of anilines is 1. The summed E-state index contributed by atoms with van der Waals surface area (Å²) in [5.41, 5.74) is -0.369. The van der Waals surface area contributed by atoms with Crippen molar-refractivity contribution in [3.8, 4) is 0 Å². The van der Waals surface area contributed by atoms with Crippen LogP contribution in [0, 0.1) is 5.92 Å². The van der Waals surface area contributed by atoms with E-state index in [4.69, 9.17) is 0 Å². The topological polar surface area (TPSA) is 81.3 Å². The molecule has 0 bridgehead atoms. The van der Waals surface area contributed by atoms with Gasteiger partial charge in [-0.1, -0.05) is 13.8 Å². The molecule has 1 N–H and O–H groups in total. The van der Waals surface area contributed by atoms with Crippen LogP contribution < -0.4 is 10.9 Å². The number of hydrogen-bond acceptors (Lipinski definition) is 5. The molecule has 0 aliphatic heterocycles. The molecule has 0 saturated carbocycles. The molecule has 3 heterocycles. The van der Waals surface area contributed by atoms with Gasteiger partial charge in [-0.05, 0) is 5.92 Å². The number of fused-ring (bicyclic) bond motifs is 1. The van der Waals surface area contributed by atoms with Crippen molar-refractivity contribution < 1.29 is 4.79 Å². The molecule has 0 aliphatic carbocycles. The molecule has 8 heteroatoms. The Morgan fingerprint density at radius 2 is 2.27 bits per heavy atom. The second-order valence-corrected chi connectivity index (χ2v) is 6.15. The monoisotopic (exact) mass is 317 g/mol. The van der Waals surface area contributed by atoms with Crippen LogP contribution in [0.3, 0.4) is 0 Å². The van der Waals surface area contributed by atoms with E-state index in [9.17, 15) is 9.59 Å². The van der Waals surface area contributed by atoms with Gasteiger partial charge in [-0.25, -0.2) is 9.67 Å². The summed E-state index contributed by atoms with van der Waals surface area (Å²) in [6.07, 6.45) is 4.53. The van der Waals surface area contributed by atoms with Crippen molar-refractivity contribution in [2.24, 2.45) is 5.92 Å². The molecule has 7 nitrogen and oxygen atoms in total. The van der Waals surface area contributed by atoms with Crippen LogP contribution in [0.25, 0.3) is 4.96 Å². The molecule has 0 fully saturated rings. The summed E-state index contributed by atoms with van der Waals surface area (Å²) in [5.74, 6) is 0.474. The van der Waals surface area contributed by atoms with Gasteiger partial charge in [0, 0.05) is 30.4 Å². The lowest BCUT2D eigenvalue weighted by molar-refractivity contribution is 0.102. The van der Waals surface area contributed by atoms with Crippen molar-refractivity contribution in [3.63, 3.8) is 0 Å². The molecule has 0 atom stereocenters. The predicted octanol–water partition coefficient (Wildman–Crippen LogP) is 1.86. The van der Waals surface area contributed by atoms with Crippen LogP contribution >= 0.6 is 11.3 Å². The van der Waals surface area contributed by atoms with Crippen LogP contribution in [0.5, 0.6) is 0 Å². The van der Waals surface area contributed by atoms with E-state index in [1.165, 1.54) is 21.9 Å². The van der Waals surface area contributed by atoms with Crippen LogP contribution in [-0.2, 0) is 6.54 Å². The van der Waals surface area contributed by atoms with Crippen molar-refractivity contribution in [2.45, 2.75) is 20.4 Å². The van der Waals surface area contributed by atoms with Crippen LogP contribution in [-0.4, -0.2) is 25.1 Å². The molecule has 0 spiro atoms. The predicted molar refractivity (Wildman–Crippen MR) is 84.4 cm³/mol. The number of rotatable bonds is 4. The van der Waals surface area contributed by atoms with Gasteiger partial charge in [0.1, 0.15) is 11.4 Å². The maximum Gasteiger partial charge on any atom is 0.271 e. The molecule has 0 radical (unpaired) electrons. The molecule has 0 aromatic carbocycles. The maximum atomic E-state index is 12.3. The number of carbonyl (C=O) groups is 1. The number of hydrogen-bond donors (Lipinski definition) is 1. The van der Waals surface area contributed by atoms with Gasteiger partial charge in [0.05, 0.1) is 6.20 Å². The summed E-state index contributed by atoms with van der Waals surface area (Å²) in [6, 6.07) is 1.70. The molecule has 3 rings (SSSR count). The van der Waals surface area contributed by atoms with E-state index in [0.717, 1.165) is 0 Å². The van der Waals surface area contributed by atoms with Crippen LogP contribution in [0.2, 0.25) is 0 Å². The first-order chi connectivity index (χ1) is 10.6. The number of nitrogens with zero attached hydrogens (tertiary/aromatic N) is 4. The van der Waals surface area contributed by atoms with E-state index in [1.807, 2.05) is 0 Å². The smallest absolute Gasteiger partial charge is 0.271 e. The first-order valence-electron chi connectivity index (χ1n) is 6.84. The Morgan fingerprint density at radius 3 is 3.05 bits per heavy atom. The first kappa shape index (κ1) is 14.5. The molecule has 0 aliphatic rings. The standard InChI is InChI=1S/C14H15N5O2S/c1-9(2)8-19-11(3-4-16-19)17-12(20)10-7-15-14-18(13(10)21)5-6-22-14/h3-7,9H,8H2,1-2H3,(H,17,20). The summed E-state index contributed by atoms with van der Waals surface area (Å²) in [5, 5.41) is 8.65. The quantitative estimate of drug-likeness (QED) is 0.796. The lowest BCUT2D eigenvalue weighted by atomic mass is 10.2. The van der Waals surface area contributed by atoms with Gasteiger partial charge in [0.25, 0.3) is 11.5 Å². The average molecular weight is 317 g/mol. The van der Waals surface area contributed by atoms with Crippen molar-refractivity contribution >= 4 is 28.0 Å². The fraction of sp³-hybridized carbons (Fsp3) is 0.286. The zero-order valence-electron chi connectivity index (χ0n) is 12.2. The maximum absolute atomic E-state index is 12.3. The fourth-order valence-electron chi connectivity index (χ4n) is 2.09. The molecule has 0 saturated heterocycles. The summed E-state index contributed by atoms with van der Waals surface area (Å²) < 4.78 is 3.07. The van der Waals surface area contributed by atoms with Crippen LogP contribution in [0.1, 0.15) is 24.2 Å². The van der Waals surface area contributed by atoms with Gasteiger partial charge in [0.15, 0.2) is 4.96 Å². The third-order valence-corrected chi connectivity index (χ3v) is 3.85. The van der Waals surface area contributed by atoms with E-state index in [1.54, 1.807) is 28.5 Å². The highest BCUT2D eigenvalue weighted by Gasteiger charge is 2.16. The summed E-state index contributed by atoms with van der Waals surface area (Å²) in [7, 11) is 0. The van der Waals surface area contributed by atoms with Gasteiger partial charge in [-0.3, -0.25) is 14.0 Å². The molecule has 1 amide bonds. The zero-order chi connectivity index (χ0) is 15.7. The molecule has 0 unspecified atom stereocenters. The minimum Gasteiger partial charge on any atom is -0.307 e. The van der Waals surface area contributed by atoms with Crippen molar-refractivity contribution in [1.82, 2.24) is 19.2 Å². The van der Waals surface area contributed by atoms with Crippen molar-refractivity contribution in [3.05, 3.63) is 46.0 Å². The van der Waals surface area contributed by atoms with Crippen LogP contribution in [0.4, 0.5) is 5.82 Å². The molecule has 114 valence electrons. The first-order valence-corrected chi connectivity index (χ1v) is 7.72. The third kappa shape index (κ3) is 2.64. The molecular formula is C14H15N5O2S.